The number of rotatable bonds is 11. The van der Waals surface area contributed by atoms with Gasteiger partial charge in [-0.3, -0.25) is 9.59 Å². The monoisotopic (exact) mass is 579 g/mol. The number of unbranched alkanes of at least 4 members (excludes halogenated alkanes) is 1. The highest BCUT2D eigenvalue weighted by Gasteiger charge is 2.25. The second-order valence-electron chi connectivity index (χ2n) is 9.82. The van der Waals surface area contributed by atoms with E-state index in [1.807, 2.05) is 30.5 Å². The molecule has 2 amide bonds. The van der Waals surface area contributed by atoms with Gasteiger partial charge in [0.2, 0.25) is 12.7 Å². The molecule has 0 unspecified atom stereocenters. The maximum atomic E-state index is 13.8. The number of carbonyl (C=O) groups is 2. The van der Waals surface area contributed by atoms with Crippen molar-refractivity contribution in [2.75, 3.05) is 26.4 Å². The molecule has 0 aliphatic carbocycles. The van der Waals surface area contributed by atoms with E-state index in [1.165, 1.54) is 0 Å². The number of fused-ring (bicyclic) bond motifs is 2. The molecule has 0 fully saturated rings. The summed E-state index contributed by atoms with van der Waals surface area (Å²) in [6, 6.07) is 18.6. The first-order valence-electron chi connectivity index (χ1n) is 13.4. The van der Waals surface area contributed by atoms with E-state index in [1.54, 1.807) is 40.1 Å². The summed E-state index contributed by atoms with van der Waals surface area (Å²) in [7, 11) is 0. The molecule has 7 nitrogen and oxygen atoms in total. The van der Waals surface area contributed by atoms with Gasteiger partial charge < -0.3 is 24.3 Å². The molecule has 9 heteroatoms. The van der Waals surface area contributed by atoms with Crippen LogP contribution >= 0.6 is 23.2 Å². The van der Waals surface area contributed by atoms with Crippen LogP contribution in [-0.4, -0.2) is 53.0 Å². The molecule has 1 aromatic heterocycles. The van der Waals surface area contributed by atoms with Crippen molar-refractivity contribution in [1.29, 1.82) is 0 Å². The van der Waals surface area contributed by atoms with Gasteiger partial charge in [-0.1, -0.05) is 60.8 Å². The molecule has 1 N–H and O–H groups in total. The summed E-state index contributed by atoms with van der Waals surface area (Å²) in [6.45, 7) is 3.44. The van der Waals surface area contributed by atoms with Gasteiger partial charge in [0.05, 0.1) is 10.0 Å². The Kier molecular flexibility index (Phi) is 8.82. The van der Waals surface area contributed by atoms with Crippen LogP contribution in [0.15, 0.2) is 66.9 Å². The number of hydrogen-bond acceptors (Lipinski definition) is 4. The maximum absolute atomic E-state index is 13.8. The van der Waals surface area contributed by atoms with E-state index in [0.29, 0.717) is 53.2 Å². The quantitative estimate of drug-likeness (QED) is 0.214. The zero-order chi connectivity index (χ0) is 28.1. The lowest BCUT2D eigenvalue weighted by molar-refractivity contribution is -0.132. The van der Waals surface area contributed by atoms with Crippen LogP contribution < -0.4 is 9.47 Å². The molecule has 0 radical (unpaired) electrons. The average molecular weight is 581 g/mol. The summed E-state index contributed by atoms with van der Waals surface area (Å²) in [5, 5.41) is 2.03. The second kappa shape index (κ2) is 12.7. The third-order valence-corrected chi connectivity index (χ3v) is 7.79. The van der Waals surface area contributed by atoms with Crippen LogP contribution in [0.2, 0.25) is 10.0 Å². The van der Waals surface area contributed by atoms with Crippen LogP contribution in [-0.2, 0) is 17.8 Å². The highest BCUT2D eigenvalue weighted by Crippen LogP contribution is 2.33. The van der Waals surface area contributed by atoms with Gasteiger partial charge in [-0.05, 0) is 60.4 Å². The van der Waals surface area contributed by atoms with Gasteiger partial charge in [-0.25, -0.2) is 0 Å². The number of hydrogen-bond donors (Lipinski definition) is 1. The van der Waals surface area contributed by atoms with Crippen LogP contribution in [0.5, 0.6) is 11.5 Å². The zero-order valence-corrected chi connectivity index (χ0v) is 23.8. The van der Waals surface area contributed by atoms with Crippen molar-refractivity contribution in [2.24, 2.45) is 0 Å². The minimum absolute atomic E-state index is 0.0392. The van der Waals surface area contributed by atoms with Crippen LogP contribution in [0, 0.1) is 0 Å². The Morgan fingerprint density at radius 1 is 0.925 bits per heavy atom. The first kappa shape index (κ1) is 27.9. The molecule has 40 heavy (non-hydrogen) atoms. The maximum Gasteiger partial charge on any atom is 0.254 e. The molecule has 1 aliphatic rings. The fraction of sp³-hybridized carbons (Fsp3) is 0.290. The van der Waals surface area contributed by atoms with E-state index in [-0.39, 0.29) is 25.2 Å². The first-order chi connectivity index (χ1) is 19.4. The van der Waals surface area contributed by atoms with Crippen LogP contribution in [0.25, 0.3) is 10.9 Å². The van der Waals surface area contributed by atoms with Crippen molar-refractivity contribution < 1.29 is 19.1 Å². The average Bonchev–Trinajstić information content (AvgIpc) is 3.61. The molecule has 208 valence electrons. The van der Waals surface area contributed by atoms with E-state index in [9.17, 15) is 9.59 Å². The molecule has 0 saturated carbocycles. The number of nitrogens with one attached hydrogen (secondary N) is 1. The van der Waals surface area contributed by atoms with Gasteiger partial charge in [-0.2, -0.15) is 0 Å². The summed E-state index contributed by atoms with van der Waals surface area (Å²) in [5.74, 6) is 0.785. The normalized spacial score (nSPS) is 12.1. The number of benzene rings is 3. The van der Waals surface area contributed by atoms with Crippen molar-refractivity contribution in [3.8, 4) is 11.5 Å². The minimum atomic E-state index is -0.216. The Morgan fingerprint density at radius 3 is 2.58 bits per heavy atom. The van der Waals surface area contributed by atoms with Gasteiger partial charge in [0, 0.05) is 42.3 Å². The molecular formula is C31H31Cl2N3O4. The standard InChI is InChI=1S/C31H31Cl2N3O4/c1-2-3-13-36(31(38)22-9-11-28-29(16-22)40-20-39-28)19-30(37)35(18-21-8-10-25(32)26(33)15-21)14-12-23-17-34-27-7-5-4-6-24(23)27/h4-11,15-17,34H,2-3,12-14,18-20H2,1H3. The fourth-order valence-electron chi connectivity index (χ4n) is 4.82. The number of carbonyl (C=O) groups excluding carboxylic acids is 2. The molecule has 5 rings (SSSR count). The lowest BCUT2D eigenvalue weighted by atomic mass is 10.1. The van der Waals surface area contributed by atoms with E-state index >= 15 is 0 Å². The summed E-state index contributed by atoms with van der Waals surface area (Å²) >= 11 is 12.4. The van der Waals surface area contributed by atoms with E-state index in [2.05, 4.69) is 18.0 Å². The predicted molar refractivity (Wildman–Crippen MR) is 157 cm³/mol. The molecule has 0 spiro atoms. The van der Waals surface area contributed by atoms with Crippen LogP contribution in [0.1, 0.15) is 41.3 Å². The SMILES string of the molecule is CCCCN(CC(=O)N(CCc1c[nH]c2ccccc12)Cc1ccc(Cl)c(Cl)c1)C(=O)c1ccc2c(c1)OCO2. The first-order valence-corrected chi connectivity index (χ1v) is 14.1. The topological polar surface area (TPSA) is 74.9 Å². The smallest absolute Gasteiger partial charge is 0.254 e. The van der Waals surface area contributed by atoms with Gasteiger partial charge in [-0.15, -0.1) is 0 Å². The lowest BCUT2D eigenvalue weighted by Gasteiger charge is -2.28. The number of halogens is 2. The zero-order valence-electron chi connectivity index (χ0n) is 22.3. The number of nitrogens with zero attached hydrogens (tertiary/aromatic N) is 2. The molecule has 3 aromatic carbocycles. The summed E-state index contributed by atoms with van der Waals surface area (Å²) in [6.07, 6.45) is 4.32. The molecule has 0 saturated heterocycles. The Morgan fingerprint density at radius 2 is 1.75 bits per heavy atom. The lowest BCUT2D eigenvalue weighted by Crippen LogP contribution is -2.43. The van der Waals surface area contributed by atoms with Gasteiger partial charge in [0.1, 0.15) is 6.54 Å². The van der Waals surface area contributed by atoms with Gasteiger partial charge in [0.15, 0.2) is 11.5 Å². The summed E-state index contributed by atoms with van der Waals surface area (Å²) < 4.78 is 10.8. The van der Waals surface area contributed by atoms with Crippen molar-refractivity contribution >= 4 is 45.9 Å². The molecule has 0 bridgehead atoms. The van der Waals surface area contributed by atoms with Crippen LogP contribution in [0.4, 0.5) is 0 Å². The number of H-pyrrole nitrogens is 1. The highest BCUT2D eigenvalue weighted by atomic mass is 35.5. The largest absolute Gasteiger partial charge is 0.454 e. The van der Waals surface area contributed by atoms with E-state index < -0.39 is 0 Å². The number of aromatic amines is 1. The highest BCUT2D eigenvalue weighted by molar-refractivity contribution is 6.42. The Labute approximate surface area is 243 Å². The minimum Gasteiger partial charge on any atom is -0.454 e. The third kappa shape index (κ3) is 6.37. The number of para-hydroxylation sites is 1. The van der Waals surface area contributed by atoms with Crippen LogP contribution in [0.3, 0.4) is 0 Å². The summed E-state index contributed by atoms with van der Waals surface area (Å²) in [5.41, 5.74) is 3.51. The molecule has 2 heterocycles. The molecule has 0 atom stereocenters. The molecular weight excluding hydrogens is 549 g/mol. The van der Waals surface area contributed by atoms with E-state index in [0.717, 1.165) is 34.9 Å². The third-order valence-electron chi connectivity index (χ3n) is 7.05. The van der Waals surface area contributed by atoms with Crippen molar-refractivity contribution in [1.82, 2.24) is 14.8 Å². The molecule has 4 aromatic rings. The Bertz CT molecular complexity index is 1520. The van der Waals surface area contributed by atoms with Crippen molar-refractivity contribution in [3.05, 3.63) is 93.6 Å². The number of aromatic nitrogens is 1. The number of amides is 2. The van der Waals surface area contributed by atoms with Gasteiger partial charge >= 0.3 is 0 Å². The Hall–Kier alpha value is -3.68. The van der Waals surface area contributed by atoms with Crippen molar-refractivity contribution in [2.45, 2.75) is 32.7 Å². The second-order valence-corrected chi connectivity index (χ2v) is 10.6. The number of ether oxygens (including phenoxy) is 2. The fourth-order valence-corrected chi connectivity index (χ4v) is 5.14. The summed E-state index contributed by atoms with van der Waals surface area (Å²) in [4.78, 5) is 34.1. The van der Waals surface area contributed by atoms with Gasteiger partial charge in [0.25, 0.3) is 5.91 Å². The van der Waals surface area contributed by atoms with Crippen molar-refractivity contribution in [3.63, 3.8) is 0 Å². The van der Waals surface area contributed by atoms with E-state index in [4.69, 9.17) is 32.7 Å². The Balaban J connectivity index is 1.36. The molecule has 1 aliphatic heterocycles. The predicted octanol–water partition coefficient (Wildman–Crippen LogP) is 6.72.